The Labute approximate surface area is 119 Å². The number of furan rings is 1. The quantitative estimate of drug-likeness (QED) is 0.910. The maximum Gasteiger partial charge on any atom is 0.247 e. The number of nitrogens with one attached hydrogen (secondary N) is 1. The Hall–Kier alpha value is -1.33. The van der Waals surface area contributed by atoms with Crippen molar-refractivity contribution >= 4 is 5.91 Å². The molecule has 1 N–H and O–H groups in total. The minimum Gasteiger partial charge on any atom is -0.467 e. The third-order valence-electron chi connectivity index (χ3n) is 4.24. The van der Waals surface area contributed by atoms with Crippen molar-refractivity contribution < 1.29 is 13.9 Å². The Morgan fingerprint density at radius 3 is 3.10 bits per heavy atom. The standard InChI is InChI=1S/C15H22N2O3/c1-16-13-14-11(6-9-20-14)5-7-17(15(13)18)10-12-4-2-3-8-19-12/h6,9,12-13,16H,2-5,7-8,10H2,1H3. The fourth-order valence-electron chi connectivity index (χ4n) is 3.10. The summed E-state index contributed by atoms with van der Waals surface area (Å²) in [5.74, 6) is 0.861. The molecule has 1 fully saturated rings. The molecule has 3 rings (SSSR count). The number of rotatable bonds is 3. The summed E-state index contributed by atoms with van der Waals surface area (Å²) in [4.78, 5) is 14.6. The molecule has 0 aliphatic carbocycles. The van der Waals surface area contributed by atoms with Crippen molar-refractivity contribution in [1.29, 1.82) is 0 Å². The van der Waals surface area contributed by atoms with Crippen molar-refractivity contribution in [2.75, 3.05) is 26.7 Å². The maximum absolute atomic E-state index is 12.7. The molecule has 5 nitrogen and oxygen atoms in total. The fraction of sp³-hybridized carbons (Fsp3) is 0.667. The Morgan fingerprint density at radius 2 is 2.35 bits per heavy atom. The second-order valence-corrected chi connectivity index (χ2v) is 5.55. The molecule has 110 valence electrons. The molecule has 2 unspecified atom stereocenters. The third-order valence-corrected chi connectivity index (χ3v) is 4.24. The lowest BCUT2D eigenvalue weighted by atomic mass is 10.1. The van der Waals surface area contributed by atoms with Crippen molar-refractivity contribution in [2.45, 2.75) is 37.8 Å². The van der Waals surface area contributed by atoms with E-state index in [1.54, 1.807) is 13.3 Å². The van der Waals surface area contributed by atoms with Crippen LogP contribution in [-0.4, -0.2) is 43.7 Å². The van der Waals surface area contributed by atoms with Crippen LogP contribution in [0.5, 0.6) is 0 Å². The van der Waals surface area contributed by atoms with E-state index in [-0.39, 0.29) is 18.1 Å². The molecule has 1 aromatic heterocycles. The summed E-state index contributed by atoms with van der Waals surface area (Å²) >= 11 is 0. The fourth-order valence-corrected chi connectivity index (χ4v) is 3.10. The van der Waals surface area contributed by atoms with Gasteiger partial charge in [0.1, 0.15) is 11.8 Å². The lowest BCUT2D eigenvalue weighted by Crippen LogP contribution is -2.44. The molecular formula is C15H22N2O3. The third kappa shape index (κ3) is 2.60. The molecule has 1 amide bonds. The van der Waals surface area contributed by atoms with Gasteiger partial charge in [-0.05, 0) is 44.4 Å². The molecule has 3 heterocycles. The Bertz CT molecular complexity index is 465. The summed E-state index contributed by atoms with van der Waals surface area (Å²) < 4.78 is 11.3. The molecule has 1 aromatic rings. The molecule has 0 spiro atoms. The van der Waals surface area contributed by atoms with E-state index in [1.165, 1.54) is 6.42 Å². The lowest BCUT2D eigenvalue weighted by molar-refractivity contribution is -0.136. The zero-order valence-electron chi connectivity index (χ0n) is 11.9. The number of fused-ring (bicyclic) bond motifs is 1. The zero-order chi connectivity index (χ0) is 13.9. The molecule has 2 aliphatic heterocycles. The predicted octanol–water partition coefficient (Wildman–Crippen LogP) is 1.49. The van der Waals surface area contributed by atoms with Crippen LogP contribution in [0.25, 0.3) is 0 Å². The molecule has 0 aromatic carbocycles. The molecule has 20 heavy (non-hydrogen) atoms. The van der Waals surface area contributed by atoms with Gasteiger partial charge in [-0.2, -0.15) is 0 Å². The van der Waals surface area contributed by atoms with Gasteiger partial charge in [0, 0.05) is 19.7 Å². The van der Waals surface area contributed by atoms with E-state index < -0.39 is 0 Å². The van der Waals surface area contributed by atoms with Crippen LogP contribution >= 0.6 is 0 Å². The molecule has 2 aliphatic rings. The molecule has 5 heteroatoms. The van der Waals surface area contributed by atoms with Crippen molar-refractivity contribution in [3.63, 3.8) is 0 Å². The average Bonchev–Trinajstić information content (AvgIpc) is 2.89. The number of hydrogen-bond acceptors (Lipinski definition) is 4. The normalized spacial score (nSPS) is 27.2. The highest BCUT2D eigenvalue weighted by Crippen LogP contribution is 2.26. The van der Waals surface area contributed by atoms with E-state index in [0.717, 1.165) is 43.7 Å². The van der Waals surface area contributed by atoms with Gasteiger partial charge in [0.25, 0.3) is 0 Å². The van der Waals surface area contributed by atoms with Crippen LogP contribution in [-0.2, 0) is 16.0 Å². The summed E-state index contributed by atoms with van der Waals surface area (Å²) in [6.45, 7) is 2.26. The zero-order valence-corrected chi connectivity index (χ0v) is 11.9. The van der Waals surface area contributed by atoms with Gasteiger partial charge in [0.2, 0.25) is 5.91 Å². The number of ether oxygens (including phenoxy) is 1. The summed E-state index contributed by atoms with van der Waals surface area (Å²) in [7, 11) is 1.80. The van der Waals surface area contributed by atoms with Crippen LogP contribution < -0.4 is 5.32 Å². The number of carbonyl (C=O) groups is 1. The first-order chi connectivity index (χ1) is 9.79. The van der Waals surface area contributed by atoms with Crippen molar-refractivity contribution in [3.8, 4) is 0 Å². The smallest absolute Gasteiger partial charge is 0.247 e. The van der Waals surface area contributed by atoms with Gasteiger partial charge in [0.05, 0.1) is 12.4 Å². The predicted molar refractivity (Wildman–Crippen MR) is 74.4 cm³/mol. The molecule has 0 radical (unpaired) electrons. The topological polar surface area (TPSA) is 54.7 Å². The highest BCUT2D eigenvalue weighted by molar-refractivity contribution is 5.83. The number of nitrogens with zero attached hydrogens (tertiary/aromatic N) is 1. The van der Waals surface area contributed by atoms with Gasteiger partial charge in [-0.1, -0.05) is 0 Å². The first-order valence-corrected chi connectivity index (χ1v) is 7.43. The van der Waals surface area contributed by atoms with E-state index >= 15 is 0 Å². The summed E-state index contributed by atoms with van der Waals surface area (Å²) in [5.41, 5.74) is 1.13. The van der Waals surface area contributed by atoms with Crippen LogP contribution in [0.15, 0.2) is 16.7 Å². The van der Waals surface area contributed by atoms with Gasteiger partial charge in [0.15, 0.2) is 0 Å². The van der Waals surface area contributed by atoms with Crippen molar-refractivity contribution in [2.24, 2.45) is 0 Å². The summed E-state index contributed by atoms with van der Waals surface area (Å²) in [6.07, 6.45) is 6.10. The van der Waals surface area contributed by atoms with Crippen LogP contribution in [0.1, 0.15) is 36.6 Å². The number of amides is 1. The molecular weight excluding hydrogens is 256 g/mol. The minimum atomic E-state index is -0.369. The largest absolute Gasteiger partial charge is 0.467 e. The highest BCUT2D eigenvalue weighted by Gasteiger charge is 2.33. The molecule has 0 saturated carbocycles. The van der Waals surface area contributed by atoms with Crippen LogP contribution in [0.3, 0.4) is 0 Å². The van der Waals surface area contributed by atoms with Gasteiger partial charge in [-0.15, -0.1) is 0 Å². The van der Waals surface area contributed by atoms with Gasteiger partial charge in [-0.3, -0.25) is 4.79 Å². The van der Waals surface area contributed by atoms with E-state index in [2.05, 4.69) is 5.32 Å². The van der Waals surface area contributed by atoms with Crippen LogP contribution in [0.2, 0.25) is 0 Å². The monoisotopic (exact) mass is 278 g/mol. The Balaban J connectivity index is 1.73. The Kier molecular flexibility index (Phi) is 4.08. The number of likely N-dealkylation sites (N-methyl/N-ethyl adjacent to an activating group) is 1. The first kappa shape index (κ1) is 13.6. The number of hydrogen-bond donors (Lipinski definition) is 1. The van der Waals surface area contributed by atoms with E-state index in [4.69, 9.17) is 9.15 Å². The number of carbonyl (C=O) groups excluding carboxylic acids is 1. The minimum absolute atomic E-state index is 0.0929. The molecule has 0 bridgehead atoms. The van der Waals surface area contributed by atoms with Gasteiger partial charge < -0.3 is 19.4 Å². The van der Waals surface area contributed by atoms with Crippen LogP contribution in [0, 0.1) is 0 Å². The van der Waals surface area contributed by atoms with Crippen molar-refractivity contribution in [3.05, 3.63) is 23.7 Å². The molecule has 1 saturated heterocycles. The van der Waals surface area contributed by atoms with E-state index in [0.29, 0.717) is 6.54 Å². The SMILES string of the molecule is CNC1C(=O)N(CC2CCCCO2)CCc2ccoc21. The second kappa shape index (κ2) is 5.97. The summed E-state index contributed by atoms with van der Waals surface area (Å²) in [5, 5.41) is 3.08. The maximum atomic E-state index is 12.7. The molecule has 2 atom stereocenters. The first-order valence-electron chi connectivity index (χ1n) is 7.43. The van der Waals surface area contributed by atoms with Crippen molar-refractivity contribution in [1.82, 2.24) is 10.2 Å². The lowest BCUT2D eigenvalue weighted by Gasteiger charge is -2.30. The van der Waals surface area contributed by atoms with E-state index in [9.17, 15) is 4.79 Å². The second-order valence-electron chi connectivity index (χ2n) is 5.55. The van der Waals surface area contributed by atoms with E-state index in [1.807, 2.05) is 11.0 Å². The summed E-state index contributed by atoms with van der Waals surface area (Å²) in [6, 6.07) is 1.60. The average molecular weight is 278 g/mol. The van der Waals surface area contributed by atoms with Crippen LogP contribution in [0.4, 0.5) is 0 Å². The highest BCUT2D eigenvalue weighted by atomic mass is 16.5. The van der Waals surface area contributed by atoms with Gasteiger partial charge >= 0.3 is 0 Å². The van der Waals surface area contributed by atoms with Gasteiger partial charge in [-0.25, -0.2) is 0 Å². The Morgan fingerprint density at radius 1 is 1.45 bits per heavy atom.